The number of methoxy groups -OCH3 is 1. The van der Waals surface area contributed by atoms with Gasteiger partial charge in [0, 0.05) is 51.4 Å². The Morgan fingerprint density at radius 1 is 1.03 bits per heavy atom. The normalized spacial score (nSPS) is 20.7. The van der Waals surface area contributed by atoms with Gasteiger partial charge in [-0.15, -0.1) is 0 Å². The Bertz CT molecular complexity index is 1030. The molecule has 2 aromatic carbocycles. The van der Waals surface area contributed by atoms with Crippen molar-refractivity contribution < 1.29 is 23.8 Å². The quantitative estimate of drug-likeness (QED) is 0.573. The third-order valence-corrected chi connectivity index (χ3v) is 7.33. The molecule has 9 heteroatoms. The van der Waals surface area contributed by atoms with E-state index >= 15 is 0 Å². The summed E-state index contributed by atoms with van der Waals surface area (Å²) in [5.41, 5.74) is 1.65. The van der Waals surface area contributed by atoms with Gasteiger partial charge in [-0.1, -0.05) is 12.1 Å². The van der Waals surface area contributed by atoms with Crippen LogP contribution in [0.15, 0.2) is 48.5 Å². The van der Waals surface area contributed by atoms with E-state index in [2.05, 4.69) is 21.2 Å². The Hall–Kier alpha value is -3.33. The predicted molar refractivity (Wildman–Crippen MR) is 137 cm³/mol. The molecular formula is C27H35FN4O4. The Balaban J connectivity index is 1.31. The highest BCUT2D eigenvalue weighted by molar-refractivity contribution is 5.89. The van der Waals surface area contributed by atoms with Gasteiger partial charge in [0.25, 0.3) is 0 Å². The summed E-state index contributed by atoms with van der Waals surface area (Å²) in [6.07, 6.45) is 1.63. The molecule has 2 N–H and O–H groups in total. The molecule has 0 spiro atoms. The van der Waals surface area contributed by atoms with Crippen LogP contribution in [0.5, 0.6) is 5.75 Å². The van der Waals surface area contributed by atoms with E-state index in [4.69, 9.17) is 4.74 Å². The molecule has 2 heterocycles. The smallest absolute Gasteiger partial charge is 0.321 e. The molecule has 194 valence electrons. The molecule has 2 fully saturated rings. The molecule has 2 aliphatic heterocycles. The first-order chi connectivity index (χ1) is 17.4. The molecule has 8 nitrogen and oxygen atoms in total. The van der Waals surface area contributed by atoms with E-state index in [9.17, 15) is 19.1 Å². The van der Waals surface area contributed by atoms with Gasteiger partial charge in [0.2, 0.25) is 0 Å². The first-order valence-electron chi connectivity index (χ1n) is 12.6. The second-order valence-corrected chi connectivity index (χ2v) is 9.58. The van der Waals surface area contributed by atoms with Crippen molar-refractivity contribution in [3.05, 3.63) is 54.3 Å². The number of halogens is 1. The number of amides is 2. The molecule has 0 saturated carbocycles. The lowest BCUT2D eigenvalue weighted by Gasteiger charge is -2.40. The number of likely N-dealkylation sites (tertiary alicyclic amines) is 1. The highest BCUT2D eigenvalue weighted by Gasteiger charge is 2.33. The number of benzene rings is 2. The Labute approximate surface area is 211 Å². The number of nitrogens with one attached hydrogen (secondary N) is 1. The molecule has 2 aromatic rings. The maximum atomic E-state index is 13.2. The summed E-state index contributed by atoms with van der Waals surface area (Å²) in [6.45, 7) is 5.54. The number of para-hydroxylation sites is 2. The van der Waals surface area contributed by atoms with Gasteiger partial charge in [0.15, 0.2) is 0 Å². The number of nitrogens with zero attached hydrogens (tertiary/aromatic N) is 3. The molecule has 0 radical (unpaired) electrons. The van der Waals surface area contributed by atoms with Gasteiger partial charge in [-0.25, -0.2) is 9.18 Å². The van der Waals surface area contributed by atoms with Crippen molar-refractivity contribution in [1.82, 2.24) is 9.80 Å². The van der Waals surface area contributed by atoms with Crippen LogP contribution < -0.4 is 15.0 Å². The molecule has 36 heavy (non-hydrogen) atoms. The van der Waals surface area contributed by atoms with Gasteiger partial charge >= 0.3 is 12.0 Å². The number of carbonyl (C=O) groups is 2. The zero-order valence-electron chi connectivity index (χ0n) is 20.7. The van der Waals surface area contributed by atoms with Crippen LogP contribution in [0.25, 0.3) is 0 Å². The first kappa shape index (κ1) is 25.8. The number of carbonyl (C=O) groups excluding carboxylic acids is 1. The molecule has 2 aliphatic rings. The first-order valence-corrected chi connectivity index (χ1v) is 12.6. The highest BCUT2D eigenvalue weighted by atomic mass is 19.1. The van der Waals surface area contributed by atoms with E-state index in [0.717, 1.165) is 50.6 Å². The van der Waals surface area contributed by atoms with Crippen LogP contribution in [0, 0.1) is 17.7 Å². The number of hydrogen-bond acceptors (Lipinski definition) is 5. The maximum absolute atomic E-state index is 13.2. The van der Waals surface area contributed by atoms with Crippen LogP contribution in [0.4, 0.5) is 20.6 Å². The van der Waals surface area contributed by atoms with Crippen LogP contribution in [-0.4, -0.2) is 79.8 Å². The number of piperidine rings is 1. The lowest BCUT2D eigenvalue weighted by molar-refractivity contribution is -0.139. The van der Waals surface area contributed by atoms with E-state index < -0.39 is 5.97 Å². The second-order valence-electron chi connectivity index (χ2n) is 9.58. The van der Waals surface area contributed by atoms with E-state index in [1.165, 1.54) is 24.3 Å². The molecule has 2 saturated heterocycles. The van der Waals surface area contributed by atoms with Crippen molar-refractivity contribution in [1.29, 1.82) is 0 Å². The number of carboxylic acid groups (broad SMARTS) is 1. The average molecular weight is 499 g/mol. The highest BCUT2D eigenvalue weighted by Crippen LogP contribution is 2.31. The fourth-order valence-electron chi connectivity index (χ4n) is 5.27. The number of piperazine rings is 1. The Morgan fingerprint density at radius 3 is 2.44 bits per heavy atom. The second kappa shape index (κ2) is 12.1. The van der Waals surface area contributed by atoms with Crippen molar-refractivity contribution in [2.24, 2.45) is 11.8 Å². The molecular weight excluding hydrogens is 463 g/mol. The Morgan fingerprint density at radius 2 is 1.75 bits per heavy atom. The number of aliphatic carboxylic acids is 1. The molecule has 2 amide bonds. The summed E-state index contributed by atoms with van der Waals surface area (Å²) in [5, 5.41) is 12.3. The van der Waals surface area contributed by atoms with Gasteiger partial charge in [-0.3, -0.25) is 9.69 Å². The minimum atomic E-state index is -0.792. The van der Waals surface area contributed by atoms with Crippen LogP contribution in [-0.2, 0) is 4.79 Å². The molecule has 4 rings (SSSR count). The topological polar surface area (TPSA) is 85.4 Å². The summed E-state index contributed by atoms with van der Waals surface area (Å²) in [7, 11) is 1.69. The minimum absolute atomic E-state index is 0.0484. The zero-order valence-corrected chi connectivity index (χ0v) is 20.7. The van der Waals surface area contributed by atoms with Crippen LogP contribution in [0.1, 0.15) is 19.3 Å². The molecule has 2 unspecified atom stereocenters. The van der Waals surface area contributed by atoms with Crippen molar-refractivity contribution in [2.75, 3.05) is 63.1 Å². The van der Waals surface area contributed by atoms with Gasteiger partial charge in [-0.05, 0) is 67.6 Å². The van der Waals surface area contributed by atoms with E-state index in [1.807, 2.05) is 18.2 Å². The lowest BCUT2D eigenvalue weighted by atomic mass is 9.81. The van der Waals surface area contributed by atoms with Crippen LogP contribution in [0.2, 0.25) is 0 Å². The van der Waals surface area contributed by atoms with Gasteiger partial charge in [-0.2, -0.15) is 0 Å². The number of ether oxygens (including phenoxy) is 1. The SMILES string of the molecule is COc1ccccc1N1CCN(CCC2CN(C(=O)Nc3ccc(F)cc3)CCC2CC(=O)O)CC1. The molecule has 0 aromatic heterocycles. The lowest BCUT2D eigenvalue weighted by Crippen LogP contribution is -2.49. The number of rotatable bonds is 8. The molecule has 2 atom stereocenters. The maximum Gasteiger partial charge on any atom is 0.321 e. The monoisotopic (exact) mass is 498 g/mol. The van der Waals surface area contributed by atoms with Crippen LogP contribution >= 0.6 is 0 Å². The van der Waals surface area contributed by atoms with E-state index in [0.29, 0.717) is 25.2 Å². The summed E-state index contributed by atoms with van der Waals surface area (Å²) < 4.78 is 18.7. The largest absolute Gasteiger partial charge is 0.495 e. The van der Waals surface area contributed by atoms with Crippen molar-refractivity contribution in [3.8, 4) is 5.75 Å². The summed E-state index contributed by atoms with van der Waals surface area (Å²) >= 11 is 0. The fourth-order valence-corrected chi connectivity index (χ4v) is 5.27. The van der Waals surface area contributed by atoms with E-state index in [-0.39, 0.29) is 30.1 Å². The molecule has 0 bridgehead atoms. The third-order valence-electron chi connectivity index (χ3n) is 7.33. The number of carboxylic acids is 1. The molecule has 0 aliphatic carbocycles. The van der Waals surface area contributed by atoms with Gasteiger partial charge < -0.3 is 25.0 Å². The number of urea groups is 1. The van der Waals surface area contributed by atoms with Gasteiger partial charge in [0.05, 0.1) is 12.8 Å². The summed E-state index contributed by atoms with van der Waals surface area (Å²) in [6, 6.07) is 13.5. The summed E-state index contributed by atoms with van der Waals surface area (Å²) in [5.74, 6) is -0.108. The van der Waals surface area contributed by atoms with Crippen molar-refractivity contribution in [3.63, 3.8) is 0 Å². The fraction of sp³-hybridized carbons (Fsp3) is 0.481. The van der Waals surface area contributed by atoms with E-state index in [1.54, 1.807) is 12.0 Å². The van der Waals surface area contributed by atoms with Crippen LogP contribution in [0.3, 0.4) is 0 Å². The number of anilines is 2. The Kier molecular flexibility index (Phi) is 8.64. The predicted octanol–water partition coefficient (Wildman–Crippen LogP) is 3.99. The average Bonchev–Trinajstić information content (AvgIpc) is 2.89. The van der Waals surface area contributed by atoms with Crippen molar-refractivity contribution in [2.45, 2.75) is 19.3 Å². The number of hydrogen-bond donors (Lipinski definition) is 2. The van der Waals surface area contributed by atoms with Gasteiger partial charge in [0.1, 0.15) is 11.6 Å². The summed E-state index contributed by atoms with van der Waals surface area (Å²) in [4.78, 5) is 30.8. The minimum Gasteiger partial charge on any atom is -0.495 e. The van der Waals surface area contributed by atoms with Crippen molar-refractivity contribution >= 4 is 23.4 Å². The zero-order chi connectivity index (χ0) is 25.5. The standard InChI is InChI=1S/C27H35FN4O4/c1-36-25-5-3-2-4-24(25)31-16-14-30(15-17-31)12-10-21-19-32(13-11-20(21)18-26(33)34)27(35)29-23-8-6-22(28)7-9-23/h2-9,20-21H,10-19H2,1H3,(H,29,35)(H,33,34). The third kappa shape index (κ3) is 6.66.